The molecule has 0 aliphatic heterocycles. The molecule has 1 heterocycles. The Morgan fingerprint density at radius 3 is 2.53 bits per heavy atom. The molecule has 30 heavy (non-hydrogen) atoms. The first-order valence-electron chi connectivity index (χ1n) is 9.62. The fraction of sp³-hybridized carbons (Fsp3) is 0.167. The molecule has 4 aromatic rings. The highest BCUT2D eigenvalue weighted by Gasteiger charge is 2.22. The summed E-state index contributed by atoms with van der Waals surface area (Å²) in [5, 5.41) is 11.4. The van der Waals surface area contributed by atoms with Crippen LogP contribution in [0.3, 0.4) is 0 Å². The first-order valence-corrected chi connectivity index (χ1v) is 9.62. The van der Waals surface area contributed by atoms with E-state index in [-0.39, 0.29) is 5.91 Å². The maximum Gasteiger partial charge on any atom is 0.258 e. The van der Waals surface area contributed by atoms with Gasteiger partial charge in [0.1, 0.15) is 5.75 Å². The predicted molar refractivity (Wildman–Crippen MR) is 118 cm³/mol. The molecule has 1 aromatic heterocycles. The number of aryl methyl sites for hydroxylation is 1. The molecule has 2 N–H and O–H groups in total. The molecule has 0 fully saturated rings. The Kier molecular flexibility index (Phi) is 5.50. The second-order valence-electron chi connectivity index (χ2n) is 7.06. The Labute approximate surface area is 174 Å². The van der Waals surface area contributed by atoms with Crippen molar-refractivity contribution in [2.24, 2.45) is 0 Å². The summed E-state index contributed by atoms with van der Waals surface area (Å²) in [4.78, 5) is 13.0. The average Bonchev–Trinajstić information content (AvgIpc) is 3.17. The zero-order valence-electron chi connectivity index (χ0n) is 17.1. The van der Waals surface area contributed by atoms with Crippen LogP contribution in [0.2, 0.25) is 0 Å². The molecule has 0 radical (unpaired) electrons. The molecule has 4 rings (SSSR count). The number of rotatable bonds is 6. The highest BCUT2D eigenvalue weighted by atomic mass is 16.5. The number of ether oxygens (including phenoxy) is 2. The molecule has 0 bridgehead atoms. The quantitative estimate of drug-likeness (QED) is 0.483. The van der Waals surface area contributed by atoms with Crippen molar-refractivity contribution in [3.8, 4) is 17.0 Å². The van der Waals surface area contributed by atoms with Gasteiger partial charge in [-0.1, -0.05) is 54.1 Å². The van der Waals surface area contributed by atoms with Crippen molar-refractivity contribution in [1.29, 1.82) is 0 Å². The van der Waals surface area contributed by atoms with Crippen molar-refractivity contribution in [2.75, 3.05) is 19.5 Å². The Morgan fingerprint density at radius 2 is 1.83 bits per heavy atom. The van der Waals surface area contributed by atoms with Gasteiger partial charge in [-0.25, -0.2) is 0 Å². The number of hydrogen-bond donors (Lipinski definition) is 2. The standard InChI is InChI=1S/C24H23N3O3/c1-15-8-7-11-17(12-15)22-18-13-20(21(29-2)14-19(18)26-27-22)25-24(28)23(30-3)16-9-5-4-6-10-16/h4-14,23H,1-3H3,(H,25,28)(H,26,27). The van der Waals surface area contributed by atoms with E-state index in [0.29, 0.717) is 11.4 Å². The van der Waals surface area contributed by atoms with Crippen LogP contribution in [-0.4, -0.2) is 30.3 Å². The van der Waals surface area contributed by atoms with Crippen LogP contribution in [0.1, 0.15) is 17.2 Å². The molecule has 1 unspecified atom stereocenters. The predicted octanol–water partition coefficient (Wildman–Crippen LogP) is 4.87. The van der Waals surface area contributed by atoms with E-state index in [1.165, 1.54) is 7.11 Å². The number of H-pyrrole nitrogens is 1. The van der Waals surface area contributed by atoms with Crippen LogP contribution < -0.4 is 10.1 Å². The van der Waals surface area contributed by atoms with Crippen molar-refractivity contribution in [3.05, 3.63) is 77.9 Å². The van der Waals surface area contributed by atoms with Gasteiger partial charge in [-0.3, -0.25) is 9.89 Å². The monoisotopic (exact) mass is 401 g/mol. The smallest absolute Gasteiger partial charge is 0.258 e. The summed E-state index contributed by atoms with van der Waals surface area (Å²) in [6.07, 6.45) is -0.729. The van der Waals surface area contributed by atoms with Crippen LogP contribution >= 0.6 is 0 Å². The molecular weight excluding hydrogens is 378 g/mol. The van der Waals surface area contributed by atoms with Crippen LogP contribution in [0, 0.1) is 6.92 Å². The second-order valence-corrected chi connectivity index (χ2v) is 7.06. The van der Waals surface area contributed by atoms with E-state index in [4.69, 9.17) is 9.47 Å². The van der Waals surface area contributed by atoms with E-state index in [9.17, 15) is 4.79 Å². The zero-order valence-corrected chi connectivity index (χ0v) is 17.1. The van der Waals surface area contributed by atoms with E-state index in [1.54, 1.807) is 7.11 Å². The number of nitrogens with zero attached hydrogens (tertiary/aromatic N) is 1. The number of aromatic amines is 1. The number of hydrogen-bond acceptors (Lipinski definition) is 4. The molecule has 1 atom stereocenters. The van der Waals surface area contributed by atoms with Crippen LogP contribution in [0.15, 0.2) is 66.7 Å². The molecule has 6 heteroatoms. The second kappa shape index (κ2) is 8.39. The number of carbonyl (C=O) groups is 1. The summed E-state index contributed by atoms with van der Waals surface area (Å²) < 4.78 is 11.0. The van der Waals surface area contributed by atoms with Gasteiger partial charge in [-0.15, -0.1) is 0 Å². The average molecular weight is 401 g/mol. The Hall–Kier alpha value is -3.64. The van der Waals surface area contributed by atoms with Crippen LogP contribution in [0.4, 0.5) is 5.69 Å². The molecular formula is C24H23N3O3. The van der Waals surface area contributed by atoms with E-state index < -0.39 is 6.10 Å². The lowest BCUT2D eigenvalue weighted by atomic mass is 10.0. The number of nitrogens with one attached hydrogen (secondary N) is 2. The van der Waals surface area contributed by atoms with E-state index >= 15 is 0 Å². The van der Waals surface area contributed by atoms with E-state index in [1.807, 2.05) is 67.6 Å². The van der Waals surface area contributed by atoms with Crippen molar-refractivity contribution in [3.63, 3.8) is 0 Å². The number of anilines is 1. The summed E-state index contributed by atoms with van der Waals surface area (Å²) in [6.45, 7) is 2.04. The van der Waals surface area contributed by atoms with Crippen molar-refractivity contribution in [2.45, 2.75) is 13.0 Å². The maximum absolute atomic E-state index is 13.0. The Balaban J connectivity index is 1.72. The molecule has 0 aliphatic carbocycles. The van der Waals surface area contributed by atoms with Crippen LogP contribution in [-0.2, 0) is 9.53 Å². The number of methoxy groups -OCH3 is 2. The molecule has 0 saturated heterocycles. The molecule has 0 saturated carbocycles. The summed E-state index contributed by atoms with van der Waals surface area (Å²) >= 11 is 0. The minimum Gasteiger partial charge on any atom is -0.494 e. The Bertz CT molecular complexity index is 1190. The van der Waals surface area contributed by atoms with E-state index in [2.05, 4.69) is 21.6 Å². The van der Waals surface area contributed by atoms with Gasteiger partial charge >= 0.3 is 0 Å². The van der Waals surface area contributed by atoms with Crippen molar-refractivity contribution < 1.29 is 14.3 Å². The minimum atomic E-state index is -0.729. The highest BCUT2D eigenvalue weighted by Crippen LogP contribution is 2.35. The Morgan fingerprint density at radius 1 is 1.03 bits per heavy atom. The third kappa shape index (κ3) is 3.77. The number of aromatic nitrogens is 2. The minimum absolute atomic E-state index is 0.276. The number of benzene rings is 3. The molecule has 6 nitrogen and oxygen atoms in total. The topological polar surface area (TPSA) is 76.2 Å². The van der Waals surface area contributed by atoms with Crippen LogP contribution in [0.5, 0.6) is 5.75 Å². The third-order valence-corrected chi connectivity index (χ3v) is 5.01. The number of amides is 1. The lowest BCUT2D eigenvalue weighted by Gasteiger charge is -2.17. The summed E-state index contributed by atoms with van der Waals surface area (Å²) in [6, 6.07) is 21.2. The SMILES string of the molecule is COc1cc2[nH]nc(-c3cccc(C)c3)c2cc1NC(=O)C(OC)c1ccccc1. The number of carbonyl (C=O) groups excluding carboxylic acids is 1. The van der Waals surface area contributed by atoms with Crippen molar-refractivity contribution in [1.82, 2.24) is 10.2 Å². The van der Waals surface area contributed by atoms with Gasteiger partial charge in [0.2, 0.25) is 0 Å². The normalized spacial score (nSPS) is 12.0. The van der Waals surface area contributed by atoms with Gasteiger partial charge in [0.25, 0.3) is 5.91 Å². The molecule has 152 valence electrons. The molecule has 3 aromatic carbocycles. The van der Waals surface area contributed by atoms with Gasteiger partial charge in [-0.05, 0) is 24.6 Å². The van der Waals surface area contributed by atoms with Crippen LogP contribution in [0.25, 0.3) is 22.2 Å². The lowest BCUT2D eigenvalue weighted by Crippen LogP contribution is -2.22. The van der Waals surface area contributed by atoms with Gasteiger partial charge in [0.15, 0.2) is 6.10 Å². The fourth-order valence-corrected chi connectivity index (χ4v) is 3.54. The van der Waals surface area contributed by atoms with E-state index in [0.717, 1.165) is 33.3 Å². The summed E-state index contributed by atoms with van der Waals surface area (Å²) in [5.41, 5.74) is 5.13. The fourth-order valence-electron chi connectivity index (χ4n) is 3.54. The third-order valence-electron chi connectivity index (χ3n) is 5.01. The first-order chi connectivity index (χ1) is 14.6. The van der Waals surface area contributed by atoms with Gasteiger partial charge in [0.05, 0.1) is 24.0 Å². The first kappa shape index (κ1) is 19.7. The van der Waals surface area contributed by atoms with Crippen molar-refractivity contribution >= 4 is 22.5 Å². The molecule has 0 aliphatic rings. The van der Waals surface area contributed by atoms with Gasteiger partial charge in [-0.2, -0.15) is 5.10 Å². The summed E-state index contributed by atoms with van der Waals surface area (Å²) in [5.74, 6) is 0.264. The van der Waals surface area contributed by atoms with Gasteiger partial charge in [0, 0.05) is 24.1 Å². The van der Waals surface area contributed by atoms with Gasteiger partial charge < -0.3 is 14.8 Å². The maximum atomic E-state index is 13.0. The number of fused-ring (bicyclic) bond motifs is 1. The highest BCUT2D eigenvalue weighted by molar-refractivity contribution is 6.02. The zero-order chi connectivity index (χ0) is 21.1. The lowest BCUT2D eigenvalue weighted by molar-refractivity contribution is -0.126. The molecule has 0 spiro atoms. The largest absolute Gasteiger partial charge is 0.494 e. The molecule has 1 amide bonds. The summed E-state index contributed by atoms with van der Waals surface area (Å²) in [7, 11) is 3.09.